The maximum Gasteiger partial charge on any atom is 0.261 e. The molecule has 0 bridgehead atoms. The summed E-state index contributed by atoms with van der Waals surface area (Å²) in [4.78, 5) is 0. The van der Waals surface area contributed by atoms with Crippen molar-refractivity contribution >= 4 is 10.1 Å². The first-order valence-electron chi connectivity index (χ1n) is 1.43. The number of hydrogen-bond acceptors (Lipinski definition) is 3. The predicted molar refractivity (Wildman–Crippen MR) is 22.6 cm³/mol. The summed E-state index contributed by atoms with van der Waals surface area (Å²) >= 11 is 0. The zero-order valence-corrected chi connectivity index (χ0v) is 5.07. The third-order valence-electron chi connectivity index (χ3n) is 0. The first kappa shape index (κ1) is 11.5. The molecule has 1 N–H and O–H groups in total. The molecule has 0 aromatic rings. The molecule has 0 rings (SSSR count). The highest BCUT2D eigenvalue weighted by Crippen LogP contribution is 1.82. The Hall–Kier alpha value is -0.340. The van der Waals surface area contributed by atoms with Crippen LogP contribution in [0.1, 0.15) is 0 Å². The van der Waals surface area contributed by atoms with Crippen LogP contribution >= 0.6 is 0 Å². The van der Waals surface area contributed by atoms with Crippen molar-refractivity contribution < 1.29 is 26.4 Å². The van der Waals surface area contributed by atoms with Gasteiger partial charge in [-0.25, -0.2) is 0 Å². The molecule has 0 saturated carbocycles. The highest BCUT2D eigenvalue weighted by molar-refractivity contribution is 7.85. The van der Waals surface area contributed by atoms with Crippen molar-refractivity contribution in [3.8, 4) is 0 Å². The van der Waals surface area contributed by atoms with Gasteiger partial charge in [-0.05, 0) is 0 Å². The molecule has 0 aromatic carbocycles. The van der Waals surface area contributed by atoms with E-state index in [2.05, 4.69) is 0 Å². The maximum atomic E-state index is 9.50. The van der Waals surface area contributed by atoms with Crippen LogP contribution < -0.4 is 0 Å². The Kier molecular flexibility index (Phi) is 5.77. The fourth-order valence-electron chi connectivity index (χ4n) is 0. The van der Waals surface area contributed by atoms with E-state index in [4.69, 9.17) is 4.55 Å². The molecule has 0 amide bonds. The molecule has 0 unspecified atom stereocenters. The standard InChI is InChI=1S/CH4O3S.F3N/c1-5(2,3)4;1-4(2)3/h1H3,(H,2,3,4);. The second-order valence-corrected chi connectivity index (χ2v) is 2.39. The maximum absolute atomic E-state index is 9.50. The second-order valence-electron chi connectivity index (χ2n) is 0.925. The average Bonchev–Trinajstić information content (AvgIpc) is 1.19. The molecule has 0 aromatic heterocycles. The van der Waals surface area contributed by atoms with E-state index in [-0.39, 0.29) is 0 Å². The van der Waals surface area contributed by atoms with E-state index in [0.29, 0.717) is 6.26 Å². The van der Waals surface area contributed by atoms with Gasteiger partial charge in [0.2, 0.25) is 0 Å². The van der Waals surface area contributed by atoms with Crippen LogP contribution in [0.3, 0.4) is 0 Å². The Morgan fingerprint density at radius 3 is 1.33 bits per heavy atom. The number of halogens is 3. The van der Waals surface area contributed by atoms with Gasteiger partial charge in [-0.2, -0.15) is 8.42 Å². The SMILES string of the molecule is CS(=O)(=O)O.FN(F)F. The Labute approximate surface area is 49.4 Å². The van der Waals surface area contributed by atoms with E-state index in [9.17, 15) is 21.9 Å². The van der Waals surface area contributed by atoms with E-state index >= 15 is 0 Å². The Morgan fingerprint density at radius 2 is 1.33 bits per heavy atom. The molecule has 0 heterocycles. The van der Waals surface area contributed by atoms with Crippen molar-refractivity contribution in [1.82, 2.24) is 5.57 Å². The van der Waals surface area contributed by atoms with Crippen molar-refractivity contribution in [3.63, 3.8) is 0 Å². The van der Waals surface area contributed by atoms with Gasteiger partial charge < -0.3 is 0 Å². The molecule has 0 saturated heterocycles. The summed E-state index contributed by atoms with van der Waals surface area (Å²) in [7, 11) is -3.67. The van der Waals surface area contributed by atoms with Gasteiger partial charge in [0, 0.05) is 0 Å². The lowest BCUT2D eigenvalue weighted by Crippen LogP contribution is -1.88. The van der Waals surface area contributed by atoms with Gasteiger partial charge in [0.15, 0.2) is 5.57 Å². The van der Waals surface area contributed by atoms with Gasteiger partial charge in [0.25, 0.3) is 10.1 Å². The topological polar surface area (TPSA) is 57.6 Å². The van der Waals surface area contributed by atoms with Gasteiger partial charge in [-0.1, -0.05) is 13.4 Å². The summed E-state index contributed by atoms with van der Waals surface area (Å²) < 4.78 is 54.4. The van der Waals surface area contributed by atoms with Crippen molar-refractivity contribution in [2.75, 3.05) is 6.26 Å². The summed E-state index contributed by atoms with van der Waals surface area (Å²) in [6.07, 6.45) is 0.715. The summed E-state index contributed by atoms with van der Waals surface area (Å²) in [5.74, 6) is 0. The number of rotatable bonds is 0. The van der Waals surface area contributed by atoms with E-state index in [1.165, 1.54) is 0 Å². The Balaban J connectivity index is 0. The van der Waals surface area contributed by atoms with E-state index in [0.717, 1.165) is 0 Å². The second kappa shape index (κ2) is 4.53. The lowest BCUT2D eigenvalue weighted by Gasteiger charge is -1.69. The number of hydrogen-bond donors (Lipinski definition) is 1. The largest absolute Gasteiger partial charge is 0.286 e. The van der Waals surface area contributed by atoms with Gasteiger partial charge in [0.1, 0.15) is 0 Å². The lowest BCUT2D eigenvalue weighted by molar-refractivity contribution is -0.295. The van der Waals surface area contributed by atoms with Crippen molar-refractivity contribution in [3.05, 3.63) is 0 Å². The summed E-state index contributed by atoms with van der Waals surface area (Å²) in [5, 5.41) is 0. The van der Waals surface area contributed by atoms with Gasteiger partial charge in [-0.3, -0.25) is 4.55 Å². The van der Waals surface area contributed by atoms with Crippen LogP contribution in [0.15, 0.2) is 0 Å². The van der Waals surface area contributed by atoms with Gasteiger partial charge in [-0.15, -0.1) is 0 Å². The summed E-state index contributed by atoms with van der Waals surface area (Å²) in [6.45, 7) is 0. The van der Waals surface area contributed by atoms with Crippen LogP contribution in [0.25, 0.3) is 0 Å². The van der Waals surface area contributed by atoms with Crippen LogP contribution in [-0.2, 0) is 10.1 Å². The number of nitrogens with zero attached hydrogens (tertiary/aromatic N) is 1. The molecule has 4 nitrogen and oxygen atoms in total. The smallest absolute Gasteiger partial charge is 0.261 e. The molecular weight excluding hydrogens is 163 g/mol. The normalized spacial score (nSPS) is 10.4. The van der Waals surface area contributed by atoms with Gasteiger partial charge >= 0.3 is 0 Å². The minimum absolute atomic E-state index is 0.715. The monoisotopic (exact) mass is 167 g/mol. The minimum Gasteiger partial charge on any atom is -0.286 e. The molecule has 0 aliphatic carbocycles. The Morgan fingerprint density at radius 1 is 1.33 bits per heavy atom. The molecule has 9 heavy (non-hydrogen) atoms. The van der Waals surface area contributed by atoms with Crippen LogP contribution in [0.4, 0.5) is 13.4 Å². The summed E-state index contributed by atoms with van der Waals surface area (Å²) in [6, 6.07) is 0. The van der Waals surface area contributed by atoms with Crippen LogP contribution in [0, 0.1) is 0 Å². The molecule has 0 atom stereocenters. The van der Waals surface area contributed by atoms with Crippen molar-refractivity contribution in [2.24, 2.45) is 0 Å². The molecule has 8 heteroatoms. The molecule has 0 aliphatic heterocycles. The first-order valence-corrected chi connectivity index (χ1v) is 3.28. The summed E-state index contributed by atoms with van der Waals surface area (Å²) in [5.41, 5.74) is -2.50. The zero-order valence-electron chi connectivity index (χ0n) is 4.25. The Bertz CT molecular complexity index is 130. The fourth-order valence-corrected chi connectivity index (χ4v) is 0. The van der Waals surface area contributed by atoms with E-state index in [1.54, 1.807) is 0 Å². The highest BCUT2D eigenvalue weighted by atomic mass is 32.2. The third kappa shape index (κ3) is 2120. The average molecular weight is 167 g/mol. The van der Waals surface area contributed by atoms with Crippen LogP contribution in [0.2, 0.25) is 0 Å². The van der Waals surface area contributed by atoms with Crippen molar-refractivity contribution in [1.29, 1.82) is 0 Å². The molecule has 0 aliphatic rings. The first-order chi connectivity index (χ1) is 3.73. The van der Waals surface area contributed by atoms with Crippen LogP contribution in [-0.4, -0.2) is 24.8 Å². The quantitative estimate of drug-likeness (QED) is 0.420. The highest BCUT2D eigenvalue weighted by Gasteiger charge is 1.81. The minimum atomic E-state index is -3.67. The van der Waals surface area contributed by atoms with Crippen LogP contribution in [0.5, 0.6) is 0 Å². The van der Waals surface area contributed by atoms with E-state index in [1.807, 2.05) is 0 Å². The third-order valence-corrected chi connectivity index (χ3v) is 0. The molecule has 0 fully saturated rings. The van der Waals surface area contributed by atoms with Crippen molar-refractivity contribution in [2.45, 2.75) is 0 Å². The molecule has 58 valence electrons. The molecular formula is CH4F3NO3S. The van der Waals surface area contributed by atoms with E-state index < -0.39 is 15.7 Å². The molecule has 0 spiro atoms. The van der Waals surface area contributed by atoms with Gasteiger partial charge in [0.05, 0.1) is 6.26 Å². The predicted octanol–water partition coefficient (Wildman–Crippen LogP) is 0.446. The lowest BCUT2D eigenvalue weighted by atomic mass is 12.0. The molecule has 0 radical (unpaired) electrons. The fraction of sp³-hybridized carbons (Fsp3) is 1.00. The zero-order chi connectivity index (χ0) is 8.08.